The first kappa shape index (κ1) is 19.7. The molecule has 7 heteroatoms. The minimum Gasteiger partial charge on any atom is -0.451 e. The normalized spacial score (nSPS) is 12.0. The number of amides is 1. The van der Waals surface area contributed by atoms with E-state index in [2.05, 4.69) is 10.3 Å². The molecule has 0 fully saturated rings. The van der Waals surface area contributed by atoms with E-state index in [1.54, 1.807) is 68.7 Å². The molecule has 0 saturated heterocycles. The monoisotopic (exact) mass is 396 g/mol. The molecule has 3 aromatic rings. The lowest BCUT2D eigenvalue weighted by Gasteiger charge is -2.13. The molecular weight excluding hydrogens is 376 g/mol. The van der Waals surface area contributed by atoms with Crippen molar-refractivity contribution in [2.24, 2.45) is 5.92 Å². The highest BCUT2D eigenvalue weighted by Gasteiger charge is 2.21. The average molecular weight is 396 g/mol. The molecule has 0 aliphatic heterocycles. The van der Waals surface area contributed by atoms with Gasteiger partial charge in [-0.05, 0) is 49.4 Å². The van der Waals surface area contributed by atoms with Gasteiger partial charge < -0.3 is 10.1 Å². The summed E-state index contributed by atoms with van der Waals surface area (Å²) >= 11 is 1.43. The predicted molar refractivity (Wildman–Crippen MR) is 109 cm³/mol. The van der Waals surface area contributed by atoms with E-state index in [0.29, 0.717) is 16.8 Å². The molecule has 28 heavy (non-hydrogen) atoms. The van der Waals surface area contributed by atoms with Gasteiger partial charge in [-0.1, -0.05) is 13.8 Å². The molecule has 1 amide bonds. The molecular formula is C21H20N2O4S. The van der Waals surface area contributed by atoms with E-state index < -0.39 is 12.1 Å². The van der Waals surface area contributed by atoms with E-state index in [0.717, 1.165) is 10.2 Å². The van der Waals surface area contributed by atoms with E-state index in [4.69, 9.17) is 4.74 Å². The Labute approximate surface area is 166 Å². The number of fused-ring (bicyclic) bond motifs is 1. The predicted octanol–water partition coefficient (Wildman–Crippen LogP) is 4.32. The van der Waals surface area contributed by atoms with Gasteiger partial charge in [-0.15, -0.1) is 11.3 Å². The van der Waals surface area contributed by atoms with Crippen LogP contribution in [0.5, 0.6) is 0 Å². The van der Waals surface area contributed by atoms with Crippen LogP contribution in [0.1, 0.15) is 41.5 Å². The quantitative estimate of drug-likeness (QED) is 0.495. The molecule has 3 rings (SSSR count). The zero-order valence-electron chi connectivity index (χ0n) is 15.8. The maximum Gasteiger partial charge on any atom is 0.338 e. The first-order chi connectivity index (χ1) is 13.3. The van der Waals surface area contributed by atoms with Gasteiger partial charge in [0.15, 0.2) is 6.10 Å². The van der Waals surface area contributed by atoms with Crippen molar-refractivity contribution in [2.75, 3.05) is 5.32 Å². The second kappa shape index (κ2) is 8.31. The molecule has 1 heterocycles. The standard InChI is InChI=1S/C21H20N2O4S/c1-12(2)20(25)23-16-7-4-14(5-8-16)19(24)13(3)27-21(26)15-6-9-17-18(10-15)28-11-22-17/h4-13H,1-3H3,(H,23,25)/t13-/m1/s1. The van der Waals surface area contributed by atoms with Crippen molar-refractivity contribution in [1.82, 2.24) is 4.98 Å². The van der Waals surface area contributed by atoms with E-state index in [1.807, 2.05) is 0 Å². The minimum absolute atomic E-state index is 0.0979. The van der Waals surface area contributed by atoms with Crippen molar-refractivity contribution in [3.8, 4) is 0 Å². The van der Waals surface area contributed by atoms with E-state index in [1.165, 1.54) is 11.3 Å². The zero-order chi connectivity index (χ0) is 20.3. The van der Waals surface area contributed by atoms with Crippen LogP contribution in [0.15, 0.2) is 48.0 Å². The summed E-state index contributed by atoms with van der Waals surface area (Å²) in [4.78, 5) is 40.8. The van der Waals surface area contributed by atoms with Gasteiger partial charge in [0.05, 0.1) is 21.3 Å². The summed E-state index contributed by atoms with van der Waals surface area (Å²) in [6, 6.07) is 11.6. The molecule has 1 atom stereocenters. The number of ether oxygens (including phenoxy) is 1. The smallest absolute Gasteiger partial charge is 0.338 e. The van der Waals surface area contributed by atoms with Crippen molar-refractivity contribution in [2.45, 2.75) is 26.9 Å². The number of hydrogen-bond donors (Lipinski definition) is 1. The van der Waals surface area contributed by atoms with E-state index in [9.17, 15) is 14.4 Å². The second-order valence-corrected chi connectivity index (χ2v) is 7.55. The molecule has 6 nitrogen and oxygen atoms in total. The lowest BCUT2D eigenvalue weighted by Crippen LogP contribution is -2.24. The van der Waals surface area contributed by atoms with Crippen LogP contribution in [0.3, 0.4) is 0 Å². The van der Waals surface area contributed by atoms with Crippen molar-refractivity contribution >= 4 is 44.9 Å². The molecule has 1 aromatic heterocycles. The van der Waals surface area contributed by atoms with Crippen molar-refractivity contribution in [3.63, 3.8) is 0 Å². The molecule has 0 unspecified atom stereocenters. The number of carbonyl (C=O) groups excluding carboxylic acids is 3. The maximum absolute atomic E-state index is 12.6. The summed E-state index contributed by atoms with van der Waals surface area (Å²) in [5, 5.41) is 2.76. The first-order valence-electron chi connectivity index (χ1n) is 8.84. The molecule has 0 aliphatic carbocycles. The third-order valence-corrected chi connectivity index (χ3v) is 4.97. The Kier molecular flexibility index (Phi) is 5.84. The summed E-state index contributed by atoms with van der Waals surface area (Å²) in [7, 11) is 0. The lowest BCUT2D eigenvalue weighted by atomic mass is 10.1. The van der Waals surface area contributed by atoms with Gasteiger partial charge in [0.25, 0.3) is 0 Å². The van der Waals surface area contributed by atoms with Crippen LogP contribution in [0.4, 0.5) is 5.69 Å². The summed E-state index contributed by atoms with van der Waals surface area (Å²) in [6.45, 7) is 5.14. The number of ketones is 1. The Balaban J connectivity index is 1.64. The Hall–Kier alpha value is -3.06. The molecule has 0 spiro atoms. The molecule has 0 saturated carbocycles. The zero-order valence-corrected chi connectivity index (χ0v) is 16.6. The number of carbonyl (C=O) groups is 3. The largest absolute Gasteiger partial charge is 0.451 e. The second-order valence-electron chi connectivity index (χ2n) is 6.67. The number of esters is 1. The number of benzene rings is 2. The van der Waals surface area contributed by atoms with Crippen LogP contribution in [0.25, 0.3) is 10.2 Å². The molecule has 1 N–H and O–H groups in total. The highest BCUT2D eigenvalue weighted by Crippen LogP contribution is 2.20. The van der Waals surface area contributed by atoms with Crippen LogP contribution in [0.2, 0.25) is 0 Å². The minimum atomic E-state index is -0.930. The number of thiazole rings is 1. The van der Waals surface area contributed by atoms with Crippen LogP contribution in [-0.2, 0) is 9.53 Å². The van der Waals surface area contributed by atoms with Gasteiger partial charge in [0.2, 0.25) is 11.7 Å². The van der Waals surface area contributed by atoms with Gasteiger partial charge in [-0.3, -0.25) is 9.59 Å². The highest BCUT2D eigenvalue weighted by molar-refractivity contribution is 7.16. The van der Waals surface area contributed by atoms with Crippen LogP contribution < -0.4 is 5.32 Å². The fraction of sp³-hybridized carbons (Fsp3) is 0.238. The number of aromatic nitrogens is 1. The Morgan fingerprint density at radius 1 is 1.00 bits per heavy atom. The van der Waals surface area contributed by atoms with Crippen molar-refractivity contribution < 1.29 is 19.1 Å². The molecule has 0 aliphatic rings. The number of nitrogens with one attached hydrogen (secondary N) is 1. The van der Waals surface area contributed by atoms with E-state index in [-0.39, 0.29) is 17.6 Å². The topological polar surface area (TPSA) is 85.4 Å². The number of rotatable bonds is 6. The van der Waals surface area contributed by atoms with Crippen LogP contribution in [-0.4, -0.2) is 28.7 Å². The maximum atomic E-state index is 12.6. The fourth-order valence-corrected chi connectivity index (χ4v) is 3.22. The van der Waals surface area contributed by atoms with Gasteiger partial charge in [-0.25, -0.2) is 9.78 Å². The van der Waals surface area contributed by atoms with Crippen molar-refractivity contribution in [3.05, 3.63) is 59.1 Å². The summed E-state index contributed by atoms with van der Waals surface area (Å²) in [5.74, 6) is -1.10. The van der Waals surface area contributed by atoms with Crippen LogP contribution >= 0.6 is 11.3 Å². The fourth-order valence-electron chi connectivity index (χ4n) is 2.50. The average Bonchev–Trinajstić information content (AvgIpc) is 3.15. The van der Waals surface area contributed by atoms with Crippen molar-refractivity contribution in [1.29, 1.82) is 0 Å². The van der Waals surface area contributed by atoms with Gasteiger partial charge in [0.1, 0.15) is 0 Å². The number of Topliss-reactive ketones (excluding diaryl/α,β-unsaturated/α-hetero) is 1. The molecule has 144 valence electrons. The SMILES string of the molecule is CC(C)C(=O)Nc1ccc(C(=O)[C@@H](C)OC(=O)c2ccc3ncsc3c2)cc1. The molecule has 0 bridgehead atoms. The van der Waals surface area contributed by atoms with Gasteiger partial charge in [-0.2, -0.15) is 0 Å². The number of hydrogen-bond acceptors (Lipinski definition) is 6. The Bertz CT molecular complexity index is 1020. The van der Waals surface area contributed by atoms with Gasteiger partial charge >= 0.3 is 5.97 Å². The molecule has 0 radical (unpaired) electrons. The highest BCUT2D eigenvalue weighted by atomic mass is 32.1. The summed E-state index contributed by atoms with van der Waals surface area (Å²) < 4.78 is 6.21. The Morgan fingerprint density at radius 3 is 2.36 bits per heavy atom. The number of anilines is 1. The molecule has 2 aromatic carbocycles. The number of nitrogens with zero attached hydrogens (tertiary/aromatic N) is 1. The van der Waals surface area contributed by atoms with Gasteiger partial charge in [0, 0.05) is 17.2 Å². The third kappa shape index (κ3) is 4.43. The summed E-state index contributed by atoms with van der Waals surface area (Å²) in [5.41, 5.74) is 3.91. The van der Waals surface area contributed by atoms with Crippen LogP contribution in [0, 0.1) is 5.92 Å². The lowest BCUT2D eigenvalue weighted by molar-refractivity contribution is -0.118. The third-order valence-electron chi connectivity index (χ3n) is 4.18. The first-order valence-corrected chi connectivity index (χ1v) is 9.72. The van der Waals surface area contributed by atoms with E-state index >= 15 is 0 Å². The Morgan fingerprint density at radius 2 is 1.68 bits per heavy atom. The summed E-state index contributed by atoms with van der Waals surface area (Å²) in [6.07, 6.45) is -0.930.